The van der Waals surface area contributed by atoms with Gasteiger partial charge in [-0.25, -0.2) is 18.0 Å². The lowest BCUT2D eigenvalue weighted by atomic mass is 10.1. The van der Waals surface area contributed by atoms with Crippen LogP contribution in [0.3, 0.4) is 0 Å². The molecule has 0 radical (unpaired) electrons. The zero-order valence-corrected chi connectivity index (χ0v) is 14.3. The van der Waals surface area contributed by atoms with Crippen molar-refractivity contribution in [1.82, 2.24) is 0 Å². The molecule has 2 aromatic carbocycles. The maximum atomic E-state index is 13.9. The van der Waals surface area contributed by atoms with Gasteiger partial charge in [0.1, 0.15) is 22.3 Å². The number of fused-ring (bicyclic) bond motifs is 1. The molecule has 0 saturated carbocycles. The summed E-state index contributed by atoms with van der Waals surface area (Å²) in [6, 6.07) is 7.09. The maximum absolute atomic E-state index is 13.9. The molecular formula is C18H12F3NO3S. The van der Waals surface area contributed by atoms with E-state index in [0.29, 0.717) is 15.6 Å². The number of hydrogen-bond donors (Lipinski definition) is 1. The van der Waals surface area contributed by atoms with Crippen LogP contribution in [-0.2, 0) is 9.53 Å². The highest BCUT2D eigenvalue weighted by atomic mass is 32.1. The van der Waals surface area contributed by atoms with Crippen molar-refractivity contribution in [2.24, 2.45) is 0 Å². The molecule has 8 heteroatoms. The highest BCUT2D eigenvalue weighted by Gasteiger charge is 2.20. The second kappa shape index (κ2) is 7.17. The number of hydrogen-bond acceptors (Lipinski definition) is 4. The summed E-state index contributed by atoms with van der Waals surface area (Å²) in [5.41, 5.74) is 0.0656. The molecule has 3 aromatic rings. The van der Waals surface area contributed by atoms with E-state index in [2.05, 4.69) is 5.32 Å². The molecule has 0 saturated heterocycles. The van der Waals surface area contributed by atoms with Crippen molar-refractivity contribution < 1.29 is 27.5 Å². The van der Waals surface area contributed by atoms with Crippen molar-refractivity contribution in [1.29, 1.82) is 0 Å². The van der Waals surface area contributed by atoms with Gasteiger partial charge in [0.05, 0.1) is 5.69 Å². The lowest BCUT2D eigenvalue weighted by Crippen LogP contribution is -2.21. The average Bonchev–Trinajstić information content (AvgIpc) is 2.94. The summed E-state index contributed by atoms with van der Waals surface area (Å²) in [7, 11) is 0. The Morgan fingerprint density at radius 1 is 1.12 bits per heavy atom. The SMILES string of the molecule is Cc1c(C(=O)OCC(=O)Nc2cc(F)ccc2F)sc2cccc(F)c12. The van der Waals surface area contributed by atoms with E-state index in [1.54, 1.807) is 13.0 Å². The molecule has 0 spiro atoms. The molecule has 0 aliphatic rings. The molecule has 1 amide bonds. The Balaban J connectivity index is 1.69. The Labute approximate surface area is 150 Å². The Morgan fingerprint density at radius 2 is 1.88 bits per heavy atom. The number of anilines is 1. The van der Waals surface area contributed by atoms with Crippen LogP contribution in [0.1, 0.15) is 15.2 Å². The quantitative estimate of drug-likeness (QED) is 0.683. The van der Waals surface area contributed by atoms with Crippen molar-refractivity contribution in [2.45, 2.75) is 6.92 Å². The topological polar surface area (TPSA) is 55.4 Å². The molecule has 1 N–H and O–H groups in total. The fraction of sp³-hybridized carbons (Fsp3) is 0.111. The van der Waals surface area contributed by atoms with E-state index in [4.69, 9.17) is 4.74 Å². The number of esters is 1. The van der Waals surface area contributed by atoms with Crippen molar-refractivity contribution in [3.05, 3.63) is 64.3 Å². The summed E-state index contributed by atoms with van der Waals surface area (Å²) in [6.07, 6.45) is 0. The van der Waals surface area contributed by atoms with Crippen LogP contribution in [0.5, 0.6) is 0 Å². The normalized spacial score (nSPS) is 10.8. The summed E-state index contributed by atoms with van der Waals surface area (Å²) in [6.45, 7) is 0.894. The van der Waals surface area contributed by atoms with Crippen LogP contribution in [-0.4, -0.2) is 18.5 Å². The van der Waals surface area contributed by atoms with Gasteiger partial charge >= 0.3 is 5.97 Å². The van der Waals surface area contributed by atoms with Gasteiger partial charge in [-0.05, 0) is 36.8 Å². The molecule has 0 aliphatic heterocycles. The van der Waals surface area contributed by atoms with Crippen LogP contribution in [0.25, 0.3) is 10.1 Å². The number of benzene rings is 2. The molecule has 1 heterocycles. The first-order valence-electron chi connectivity index (χ1n) is 7.46. The van der Waals surface area contributed by atoms with E-state index in [0.717, 1.165) is 29.5 Å². The molecule has 0 unspecified atom stereocenters. The van der Waals surface area contributed by atoms with Crippen molar-refractivity contribution in [3.8, 4) is 0 Å². The molecular weight excluding hydrogens is 367 g/mol. The lowest BCUT2D eigenvalue weighted by Gasteiger charge is -2.07. The summed E-state index contributed by atoms with van der Waals surface area (Å²) in [4.78, 5) is 24.1. The van der Waals surface area contributed by atoms with Crippen molar-refractivity contribution in [3.63, 3.8) is 0 Å². The zero-order valence-electron chi connectivity index (χ0n) is 13.4. The van der Waals surface area contributed by atoms with Gasteiger partial charge in [0.2, 0.25) is 0 Å². The monoisotopic (exact) mass is 379 g/mol. The number of amides is 1. The minimum Gasteiger partial charge on any atom is -0.451 e. The van der Waals surface area contributed by atoms with Crippen LogP contribution >= 0.6 is 11.3 Å². The molecule has 134 valence electrons. The van der Waals surface area contributed by atoms with Gasteiger partial charge < -0.3 is 10.1 Å². The van der Waals surface area contributed by atoms with Crippen LogP contribution < -0.4 is 5.32 Å². The third-order valence-electron chi connectivity index (χ3n) is 3.63. The first-order chi connectivity index (χ1) is 12.4. The van der Waals surface area contributed by atoms with E-state index < -0.39 is 35.9 Å². The van der Waals surface area contributed by atoms with Gasteiger partial charge in [-0.1, -0.05) is 6.07 Å². The number of halogens is 3. The Morgan fingerprint density at radius 3 is 2.62 bits per heavy atom. The van der Waals surface area contributed by atoms with E-state index >= 15 is 0 Å². The summed E-state index contributed by atoms with van der Waals surface area (Å²) >= 11 is 1.05. The zero-order chi connectivity index (χ0) is 18.8. The number of carbonyl (C=O) groups excluding carboxylic acids is 2. The van der Waals surface area contributed by atoms with E-state index in [1.807, 2.05) is 0 Å². The van der Waals surface area contributed by atoms with E-state index in [-0.39, 0.29) is 10.6 Å². The van der Waals surface area contributed by atoms with Crippen LogP contribution in [0.4, 0.5) is 18.9 Å². The molecule has 0 fully saturated rings. The molecule has 0 aliphatic carbocycles. The highest BCUT2D eigenvalue weighted by molar-refractivity contribution is 7.21. The largest absolute Gasteiger partial charge is 0.451 e. The molecule has 26 heavy (non-hydrogen) atoms. The first kappa shape index (κ1) is 17.9. The minimum atomic E-state index is -0.826. The third-order valence-corrected chi connectivity index (χ3v) is 4.86. The van der Waals surface area contributed by atoms with Crippen LogP contribution in [0.2, 0.25) is 0 Å². The molecule has 4 nitrogen and oxygen atoms in total. The van der Waals surface area contributed by atoms with Gasteiger partial charge in [-0.15, -0.1) is 11.3 Å². The van der Waals surface area contributed by atoms with E-state index in [9.17, 15) is 22.8 Å². The second-order valence-electron chi connectivity index (χ2n) is 5.42. The smallest absolute Gasteiger partial charge is 0.349 e. The second-order valence-corrected chi connectivity index (χ2v) is 6.47. The fourth-order valence-electron chi connectivity index (χ4n) is 2.42. The predicted molar refractivity (Wildman–Crippen MR) is 91.8 cm³/mol. The molecule has 3 rings (SSSR count). The number of ether oxygens (including phenoxy) is 1. The molecule has 1 aromatic heterocycles. The van der Waals surface area contributed by atoms with Gasteiger partial charge in [-0.3, -0.25) is 4.79 Å². The summed E-state index contributed by atoms with van der Waals surface area (Å²) in [5.74, 6) is -3.61. The summed E-state index contributed by atoms with van der Waals surface area (Å²) < 4.78 is 45.9. The maximum Gasteiger partial charge on any atom is 0.349 e. The first-order valence-corrected chi connectivity index (χ1v) is 8.28. The van der Waals surface area contributed by atoms with Gasteiger partial charge in [0.15, 0.2) is 6.61 Å². The number of rotatable bonds is 4. The number of carbonyl (C=O) groups is 2. The number of aryl methyl sites for hydroxylation is 1. The van der Waals surface area contributed by atoms with Crippen LogP contribution in [0.15, 0.2) is 36.4 Å². The van der Waals surface area contributed by atoms with Crippen molar-refractivity contribution in [2.75, 3.05) is 11.9 Å². The fourth-order valence-corrected chi connectivity index (χ4v) is 3.54. The lowest BCUT2D eigenvalue weighted by molar-refractivity contribution is -0.119. The van der Waals surface area contributed by atoms with Gasteiger partial charge in [0.25, 0.3) is 5.91 Å². The molecule has 0 bridgehead atoms. The van der Waals surface area contributed by atoms with Gasteiger partial charge in [-0.2, -0.15) is 0 Å². The van der Waals surface area contributed by atoms with Crippen LogP contribution in [0, 0.1) is 24.4 Å². The minimum absolute atomic E-state index is 0.176. The predicted octanol–water partition coefficient (Wildman–Crippen LogP) is 4.42. The number of thiophene rings is 1. The third kappa shape index (κ3) is 3.55. The number of nitrogens with one attached hydrogen (secondary N) is 1. The van der Waals surface area contributed by atoms with E-state index in [1.165, 1.54) is 12.1 Å². The van der Waals surface area contributed by atoms with Gasteiger partial charge in [0, 0.05) is 16.2 Å². The van der Waals surface area contributed by atoms with Crippen molar-refractivity contribution >= 4 is 39.0 Å². The standard InChI is InChI=1S/C18H12F3NO3S/c1-9-16-12(21)3-2-4-14(16)26-17(9)18(24)25-8-15(23)22-13-7-10(19)5-6-11(13)20/h2-7H,8H2,1H3,(H,22,23). The molecule has 0 atom stereocenters. The highest BCUT2D eigenvalue weighted by Crippen LogP contribution is 2.32. The Hall–Kier alpha value is -2.87. The summed E-state index contributed by atoms with van der Waals surface area (Å²) in [5, 5.41) is 2.45. The average molecular weight is 379 g/mol. The Kier molecular flexibility index (Phi) is 4.94. The Bertz CT molecular complexity index is 1020.